The fourth-order valence-corrected chi connectivity index (χ4v) is 2.22. The summed E-state index contributed by atoms with van der Waals surface area (Å²) in [5.74, 6) is 0.615. The van der Waals surface area contributed by atoms with Gasteiger partial charge >= 0.3 is 0 Å². The van der Waals surface area contributed by atoms with Crippen LogP contribution in [0.1, 0.15) is 38.3 Å². The first kappa shape index (κ1) is 12.0. The second-order valence-electron chi connectivity index (χ2n) is 4.92. The predicted octanol–water partition coefficient (Wildman–Crippen LogP) is 2.99. The molecular formula is C14H20N2O. The van der Waals surface area contributed by atoms with Crippen LogP contribution in [0.25, 0.3) is 10.9 Å². The number of nitrogens with two attached hydrogens (primary N) is 1. The largest absolute Gasteiger partial charge is 0.508 e. The lowest BCUT2D eigenvalue weighted by molar-refractivity contribution is 0.476. The molecule has 1 unspecified atom stereocenters. The van der Waals surface area contributed by atoms with Crippen molar-refractivity contribution in [1.82, 2.24) is 4.57 Å². The summed E-state index contributed by atoms with van der Waals surface area (Å²) in [5, 5.41) is 10.7. The van der Waals surface area contributed by atoms with Crippen molar-refractivity contribution < 1.29 is 5.11 Å². The standard InChI is InChI=1S/C14H20N2O/c1-9(2)16-8-13(10(3)7-15)12-6-11(17)4-5-14(12)16/h4-6,8-10,17H,7,15H2,1-3H3. The van der Waals surface area contributed by atoms with E-state index in [4.69, 9.17) is 5.73 Å². The van der Waals surface area contributed by atoms with Gasteiger partial charge in [-0.3, -0.25) is 0 Å². The smallest absolute Gasteiger partial charge is 0.116 e. The van der Waals surface area contributed by atoms with Crippen LogP contribution in [0.3, 0.4) is 0 Å². The van der Waals surface area contributed by atoms with Crippen molar-refractivity contribution in [2.24, 2.45) is 5.73 Å². The minimum absolute atomic E-state index is 0.305. The molecule has 0 amide bonds. The lowest BCUT2D eigenvalue weighted by atomic mass is 10.0. The number of aromatic nitrogens is 1. The molecule has 0 radical (unpaired) electrons. The van der Waals surface area contributed by atoms with Crippen molar-refractivity contribution in [3.8, 4) is 5.75 Å². The van der Waals surface area contributed by atoms with Crippen molar-refractivity contribution in [2.75, 3.05) is 6.54 Å². The van der Waals surface area contributed by atoms with Crippen LogP contribution in [0.4, 0.5) is 0 Å². The van der Waals surface area contributed by atoms with E-state index < -0.39 is 0 Å². The second kappa shape index (κ2) is 4.41. The number of phenolic OH excluding ortho intramolecular Hbond substituents is 1. The Morgan fingerprint density at radius 2 is 2.00 bits per heavy atom. The summed E-state index contributed by atoms with van der Waals surface area (Å²) in [6, 6.07) is 5.94. The first-order valence-electron chi connectivity index (χ1n) is 6.08. The number of fused-ring (bicyclic) bond motifs is 1. The van der Waals surface area contributed by atoms with Crippen molar-refractivity contribution in [3.05, 3.63) is 30.0 Å². The van der Waals surface area contributed by atoms with Gasteiger partial charge < -0.3 is 15.4 Å². The number of phenols is 1. The fourth-order valence-electron chi connectivity index (χ4n) is 2.22. The monoisotopic (exact) mass is 232 g/mol. The van der Waals surface area contributed by atoms with E-state index in [2.05, 4.69) is 31.5 Å². The summed E-state index contributed by atoms with van der Waals surface area (Å²) in [6.45, 7) is 7.04. The minimum Gasteiger partial charge on any atom is -0.508 e. The van der Waals surface area contributed by atoms with Crippen molar-refractivity contribution >= 4 is 10.9 Å². The molecule has 0 saturated carbocycles. The third-order valence-corrected chi connectivity index (χ3v) is 3.29. The number of hydrogen-bond donors (Lipinski definition) is 2. The highest BCUT2D eigenvalue weighted by molar-refractivity contribution is 5.86. The second-order valence-corrected chi connectivity index (χ2v) is 4.92. The summed E-state index contributed by atoms with van der Waals surface area (Å²) < 4.78 is 2.23. The van der Waals surface area contributed by atoms with Gasteiger partial charge in [-0.2, -0.15) is 0 Å². The van der Waals surface area contributed by atoms with Crippen molar-refractivity contribution in [2.45, 2.75) is 32.7 Å². The van der Waals surface area contributed by atoms with Gasteiger partial charge in [-0.15, -0.1) is 0 Å². The molecule has 1 aromatic heterocycles. The number of rotatable bonds is 3. The summed E-state index contributed by atoms with van der Waals surface area (Å²) in [6.07, 6.45) is 2.16. The van der Waals surface area contributed by atoms with Gasteiger partial charge in [-0.05, 0) is 50.1 Å². The number of aromatic hydroxyl groups is 1. The Balaban J connectivity index is 2.71. The number of nitrogens with zero attached hydrogens (tertiary/aromatic N) is 1. The molecule has 0 spiro atoms. The zero-order chi connectivity index (χ0) is 12.6. The van der Waals surface area contributed by atoms with Crippen molar-refractivity contribution in [3.63, 3.8) is 0 Å². The normalized spacial score (nSPS) is 13.5. The molecule has 0 saturated heterocycles. The number of benzene rings is 1. The molecule has 3 N–H and O–H groups in total. The molecule has 1 heterocycles. The van der Waals surface area contributed by atoms with E-state index >= 15 is 0 Å². The highest BCUT2D eigenvalue weighted by atomic mass is 16.3. The minimum atomic E-state index is 0.305. The summed E-state index contributed by atoms with van der Waals surface area (Å²) >= 11 is 0. The summed E-state index contributed by atoms with van der Waals surface area (Å²) in [7, 11) is 0. The van der Waals surface area contributed by atoms with E-state index in [1.165, 1.54) is 5.56 Å². The Hall–Kier alpha value is -1.48. The van der Waals surface area contributed by atoms with Crippen molar-refractivity contribution in [1.29, 1.82) is 0 Å². The number of hydrogen-bond acceptors (Lipinski definition) is 2. The van der Waals surface area contributed by atoms with Crippen LogP contribution in [-0.4, -0.2) is 16.2 Å². The highest BCUT2D eigenvalue weighted by Crippen LogP contribution is 2.31. The Kier molecular flexibility index (Phi) is 3.11. The molecule has 92 valence electrons. The van der Waals surface area contributed by atoms with Gasteiger partial charge in [0.1, 0.15) is 5.75 Å². The Bertz CT molecular complexity index is 528. The van der Waals surface area contributed by atoms with E-state index in [0.29, 0.717) is 24.3 Å². The summed E-state index contributed by atoms with van der Waals surface area (Å²) in [4.78, 5) is 0. The fraction of sp³-hybridized carbons (Fsp3) is 0.429. The van der Waals surface area contributed by atoms with Crippen LogP contribution in [0.5, 0.6) is 5.75 Å². The maximum atomic E-state index is 9.62. The Labute approximate surface area is 102 Å². The highest BCUT2D eigenvalue weighted by Gasteiger charge is 2.14. The molecule has 0 aliphatic heterocycles. The molecule has 0 bridgehead atoms. The topological polar surface area (TPSA) is 51.2 Å². The molecule has 0 aliphatic rings. The van der Waals surface area contributed by atoms with E-state index in [1.54, 1.807) is 6.07 Å². The third-order valence-electron chi connectivity index (χ3n) is 3.29. The molecule has 3 nitrogen and oxygen atoms in total. The predicted molar refractivity (Wildman–Crippen MR) is 71.5 cm³/mol. The lowest BCUT2D eigenvalue weighted by Gasteiger charge is -2.08. The first-order chi connectivity index (χ1) is 8.04. The molecule has 2 rings (SSSR count). The molecule has 17 heavy (non-hydrogen) atoms. The maximum Gasteiger partial charge on any atom is 0.116 e. The molecule has 2 aromatic rings. The molecule has 1 atom stereocenters. The van der Waals surface area contributed by atoms with Crippen LogP contribution in [-0.2, 0) is 0 Å². The zero-order valence-electron chi connectivity index (χ0n) is 10.6. The van der Waals surface area contributed by atoms with Crippen LogP contribution in [0.15, 0.2) is 24.4 Å². The quantitative estimate of drug-likeness (QED) is 0.854. The Morgan fingerprint density at radius 3 is 2.59 bits per heavy atom. The van der Waals surface area contributed by atoms with Gasteiger partial charge in [0.05, 0.1) is 0 Å². The lowest BCUT2D eigenvalue weighted by Crippen LogP contribution is -2.08. The van der Waals surface area contributed by atoms with Gasteiger partial charge in [0.2, 0.25) is 0 Å². The van der Waals surface area contributed by atoms with Gasteiger partial charge in [0, 0.05) is 23.1 Å². The molecule has 0 aliphatic carbocycles. The van der Waals surface area contributed by atoms with E-state index in [1.807, 2.05) is 12.1 Å². The molecule has 0 fully saturated rings. The van der Waals surface area contributed by atoms with E-state index in [0.717, 1.165) is 10.9 Å². The molecular weight excluding hydrogens is 212 g/mol. The Morgan fingerprint density at radius 1 is 1.29 bits per heavy atom. The third kappa shape index (κ3) is 2.03. The van der Waals surface area contributed by atoms with E-state index in [-0.39, 0.29) is 0 Å². The molecule has 1 aromatic carbocycles. The van der Waals surface area contributed by atoms with Crippen LogP contribution in [0, 0.1) is 0 Å². The van der Waals surface area contributed by atoms with Gasteiger partial charge in [0.15, 0.2) is 0 Å². The SMILES string of the molecule is CC(CN)c1cn(C(C)C)c2ccc(O)cc12. The van der Waals surface area contributed by atoms with Crippen LogP contribution in [0.2, 0.25) is 0 Å². The zero-order valence-corrected chi connectivity index (χ0v) is 10.6. The van der Waals surface area contributed by atoms with Crippen LogP contribution < -0.4 is 5.73 Å². The van der Waals surface area contributed by atoms with Gasteiger partial charge in [-0.1, -0.05) is 6.92 Å². The average Bonchev–Trinajstić information content (AvgIpc) is 2.66. The van der Waals surface area contributed by atoms with E-state index in [9.17, 15) is 5.11 Å². The van der Waals surface area contributed by atoms with Gasteiger partial charge in [-0.25, -0.2) is 0 Å². The maximum absolute atomic E-state index is 9.62. The van der Waals surface area contributed by atoms with Gasteiger partial charge in [0.25, 0.3) is 0 Å². The van der Waals surface area contributed by atoms with Crippen LogP contribution >= 0.6 is 0 Å². The first-order valence-corrected chi connectivity index (χ1v) is 6.08. The average molecular weight is 232 g/mol. The summed E-state index contributed by atoms with van der Waals surface area (Å²) in [5.41, 5.74) is 8.12. The molecule has 3 heteroatoms.